The van der Waals surface area contributed by atoms with Crippen LogP contribution >= 0.6 is 0 Å². The molecule has 1 unspecified atom stereocenters. The number of carbonyl (C=O) groups excluding carboxylic acids is 2. The first-order chi connectivity index (χ1) is 12.6. The molecule has 0 spiro atoms. The Bertz CT molecular complexity index is 806. The predicted octanol–water partition coefficient (Wildman–Crippen LogP) is 0.0301. The van der Waals surface area contributed by atoms with E-state index in [4.69, 9.17) is 0 Å². The number of nitrogens with one attached hydrogen (secondary N) is 1. The van der Waals surface area contributed by atoms with E-state index in [1.54, 1.807) is 32.9 Å². The predicted molar refractivity (Wildman–Crippen MR) is 94.8 cm³/mol. The van der Waals surface area contributed by atoms with Crippen LogP contribution in [-0.4, -0.2) is 69.0 Å². The van der Waals surface area contributed by atoms with E-state index in [9.17, 15) is 9.59 Å². The van der Waals surface area contributed by atoms with Gasteiger partial charge in [-0.25, -0.2) is 0 Å². The number of hydrogen-bond donors (Lipinski definition) is 1. The number of aryl methyl sites for hydroxylation is 1. The zero-order chi connectivity index (χ0) is 18.1. The van der Waals surface area contributed by atoms with Crippen molar-refractivity contribution in [3.63, 3.8) is 0 Å². The maximum absolute atomic E-state index is 12.7. The van der Waals surface area contributed by atoms with Crippen LogP contribution in [0.5, 0.6) is 0 Å². The Labute approximate surface area is 151 Å². The molecule has 2 fully saturated rings. The lowest BCUT2D eigenvalue weighted by molar-refractivity contribution is -0.120. The quantitative estimate of drug-likeness (QED) is 0.837. The van der Waals surface area contributed by atoms with E-state index >= 15 is 0 Å². The lowest BCUT2D eigenvalue weighted by atomic mass is 10.1. The van der Waals surface area contributed by atoms with Crippen molar-refractivity contribution in [2.24, 2.45) is 7.05 Å². The van der Waals surface area contributed by atoms with Gasteiger partial charge in [-0.2, -0.15) is 10.2 Å². The molecule has 2 amide bonds. The van der Waals surface area contributed by atoms with E-state index in [0.29, 0.717) is 18.8 Å². The minimum Gasteiger partial charge on any atom is -0.326 e. The molecule has 2 aromatic rings. The minimum atomic E-state index is -0.188. The molecule has 1 N–H and O–H groups in total. The number of piperidine rings is 1. The van der Waals surface area contributed by atoms with Gasteiger partial charge in [-0.3, -0.25) is 19.0 Å². The monoisotopic (exact) mass is 357 g/mol. The summed E-state index contributed by atoms with van der Waals surface area (Å²) in [6.45, 7) is 2.91. The third-order valence-corrected chi connectivity index (χ3v) is 4.98. The fraction of sp³-hybridized carbons (Fsp3) is 0.529. The summed E-state index contributed by atoms with van der Waals surface area (Å²) in [7, 11) is 1.81. The summed E-state index contributed by atoms with van der Waals surface area (Å²) < 4.78 is 3.53. The van der Waals surface area contributed by atoms with Gasteiger partial charge in [-0.15, -0.1) is 0 Å². The molecule has 9 heteroatoms. The van der Waals surface area contributed by atoms with Gasteiger partial charge < -0.3 is 15.1 Å². The van der Waals surface area contributed by atoms with Crippen LogP contribution in [0.25, 0.3) is 0 Å². The van der Waals surface area contributed by atoms with Crippen LogP contribution in [-0.2, 0) is 11.8 Å². The largest absolute Gasteiger partial charge is 0.326 e. The topological polar surface area (TPSA) is 88.3 Å². The fourth-order valence-corrected chi connectivity index (χ4v) is 3.54. The fourth-order valence-electron chi connectivity index (χ4n) is 3.54. The van der Waals surface area contributed by atoms with Crippen LogP contribution in [0, 0.1) is 0 Å². The molecule has 0 saturated carbocycles. The zero-order valence-corrected chi connectivity index (χ0v) is 14.8. The highest BCUT2D eigenvalue weighted by molar-refractivity contribution is 6.00. The number of rotatable bonds is 3. The van der Waals surface area contributed by atoms with E-state index in [1.165, 1.54) is 0 Å². The second kappa shape index (κ2) is 6.91. The second-order valence-electron chi connectivity index (χ2n) is 6.83. The number of piperazine rings is 1. The molecule has 2 aliphatic heterocycles. The zero-order valence-electron chi connectivity index (χ0n) is 14.8. The van der Waals surface area contributed by atoms with Crippen molar-refractivity contribution in [3.05, 3.63) is 30.4 Å². The van der Waals surface area contributed by atoms with E-state index in [1.807, 2.05) is 17.9 Å². The Morgan fingerprint density at radius 2 is 2.23 bits per heavy atom. The van der Waals surface area contributed by atoms with Crippen LogP contribution in [0.3, 0.4) is 0 Å². The van der Waals surface area contributed by atoms with Gasteiger partial charge in [0.1, 0.15) is 12.2 Å². The van der Waals surface area contributed by atoms with E-state index in [2.05, 4.69) is 15.5 Å². The molecule has 0 aliphatic carbocycles. The lowest BCUT2D eigenvalue weighted by Gasteiger charge is -2.33. The van der Waals surface area contributed by atoms with Crippen LogP contribution < -0.4 is 10.2 Å². The van der Waals surface area contributed by atoms with Gasteiger partial charge in [-0.1, -0.05) is 0 Å². The molecular weight excluding hydrogens is 334 g/mol. The van der Waals surface area contributed by atoms with Crippen LogP contribution in [0.15, 0.2) is 24.7 Å². The molecule has 2 aromatic heterocycles. The molecule has 4 rings (SSSR count). The number of hydrogen-bond acceptors (Lipinski definition) is 5. The number of nitrogens with zero attached hydrogens (tertiary/aromatic N) is 6. The highest BCUT2D eigenvalue weighted by Gasteiger charge is 2.30. The van der Waals surface area contributed by atoms with Gasteiger partial charge in [0.15, 0.2) is 0 Å². The Balaban J connectivity index is 1.41. The third kappa shape index (κ3) is 3.22. The van der Waals surface area contributed by atoms with E-state index in [-0.39, 0.29) is 24.4 Å². The van der Waals surface area contributed by atoms with Crippen molar-refractivity contribution in [2.75, 3.05) is 37.6 Å². The van der Waals surface area contributed by atoms with Crippen molar-refractivity contribution in [3.8, 4) is 0 Å². The van der Waals surface area contributed by atoms with E-state index in [0.717, 1.165) is 31.6 Å². The molecule has 9 nitrogen and oxygen atoms in total. The summed E-state index contributed by atoms with van der Waals surface area (Å²) in [5, 5.41) is 11.9. The van der Waals surface area contributed by atoms with Crippen molar-refractivity contribution >= 4 is 17.5 Å². The van der Waals surface area contributed by atoms with Crippen molar-refractivity contribution < 1.29 is 9.59 Å². The summed E-state index contributed by atoms with van der Waals surface area (Å²) in [4.78, 5) is 28.4. The summed E-state index contributed by atoms with van der Waals surface area (Å²) in [5.74, 6) is -0.291. The number of aromatic nitrogens is 4. The van der Waals surface area contributed by atoms with Crippen LogP contribution in [0.2, 0.25) is 0 Å². The molecular formula is C17H23N7O2. The van der Waals surface area contributed by atoms with Gasteiger partial charge in [0.05, 0.1) is 17.9 Å². The Morgan fingerprint density at radius 1 is 1.35 bits per heavy atom. The first-order valence-electron chi connectivity index (χ1n) is 8.96. The average molecular weight is 357 g/mol. The SMILES string of the molecule is Cn1cc(N2CCN(C(=O)c3ccn(C4CCCNC4)n3)CC2=O)cn1. The van der Waals surface area contributed by atoms with Crippen LogP contribution in [0.4, 0.5) is 5.69 Å². The van der Waals surface area contributed by atoms with Gasteiger partial charge in [-0.05, 0) is 25.5 Å². The molecule has 1 atom stereocenters. The van der Waals surface area contributed by atoms with Crippen molar-refractivity contribution in [1.82, 2.24) is 29.8 Å². The second-order valence-corrected chi connectivity index (χ2v) is 6.83. The number of amides is 2. The van der Waals surface area contributed by atoms with Crippen molar-refractivity contribution in [2.45, 2.75) is 18.9 Å². The smallest absolute Gasteiger partial charge is 0.274 e. The number of anilines is 1. The molecule has 26 heavy (non-hydrogen) atoms. The van der Waals surface area contributed by atoms with Gasteiger partial charge in [0, 0.05) is 39.1 Å². The Morgan fingerprint density at radius 3 is 2.92 bits per heavy atom. The third-order valence-electron chi connectivity index (χ3n) is 4.98. The van der Waals surface area contributed by atoms with Gasteiger partial charge >= 0.3 is 0 Å². The van der Waals surface area contributed by atoms with Gasteiger partial charge in [0.25, 0.3) is 5.91 Å². The Kier molecular flexibility index (Phi) is 4.46. The van der Waals surface area contributed by atoms with Gasteiger partial charge in [0.2, 0.25) is 5.91 Å². The lowest BCUT2D eigenvalue weighted by Crippen LogP contribution is -2.52. The molecule has 4 heterocycles. The highest BCUT2D eigenvalue weighted by atomic mass is 16.2. The normalized spacial score (nSPS) is 21.3. The minimum absolute atomic E-state index is 0.0611. The summed E-state index contributed by atoms with van der Waals surface area (Å²) in [6, 6.07) is 2.03. The average Bonchev–Trinajstić information content (AvgIpc) is 3.31. The maximum Gasteiger partial charge on any atom is 0.274 e. The molecule has 0 radical (unpaired) electrons. The first-order valence-corrected chi connectivity index (χ1v) is 8.96. The highest BCUT2D eigenvalue weighted by Crippen LogP contribution is 2.19. The maximum atomic E-state index is 12.7. The molecule has 2 saturated heterocycles. The molecule has 0 aromatic carbocycles. The van der Waals surface area contributed by atoms with E-state index < -0.39 is 0 Å². The van der Waals surface area contributed by atoms with Crippen molar-refractivity contribution in [1.29, 1.82) is 0 Å². The first kappa shape index (κ1) is 16.8. The summed E-state index contributed by atoms with van der Waals surface area (Å²) in [5.41, 5.74) is 1.16. The van der Waals surface area contributed by atoms with Crippen LogP contribution in [0.1, 0.15) is 29.4 Å². The molecule has 138 valence electrons. The summed E-state index contributed by atoms with van der Waals surface area (Å²) in [6.07, 6.45) is 7.49. The standard InChI is InChI=1S/C17H23N7O2/c1-21-11-14(10-19-21)23-8-7-22(12-16(23)25)17(26)15-4-6-24(20-15)13-3-2-5-18-9-13/h4,6,10-11,13,18H,2-3,5,7-9,12H2,1H3. The molecule has 0 bridgehead atoms. The molecule has 2 aliphatic rings. The Hall–Kier alpha value is -2.68. The summed E-state index contributed by atoms with van der Waals surface area (Å²) >= 11 is 0. The number of carbonyl (C=O) groups is 2.